The number of nitrogens with zero attached hydrogens (tertiary/aromatic N) is 2. The lowest BCUT2D eigenvalue weighted by Gasteiger charge is -2.10. The van der Waals surface area contributed by atoms with E-state index >= 15 is 0 Å². The number of aromatic nitrogens is 1. The van der Waals surface area contributed by atoms with Crippen LogP contribution in [0.1, 0.15) is 12.0 Å². The molecule has 0 bridgehead atoms. The van der Waals surface area contributed by atoms with Gasteiger partial charge in [0.05, 0.1) is 10.5 Å². The average molecular weight is 354 g/mol. The van der Waals surface area contributed by atoms with Crippen LogP contribution in [0.5, 0.6) is 0 Å². The summed E-state index contributed by atoms with van der Waals surface area (Å²) in [5.41, 5.74) is -1.92. The number of amides is 1. The van der Waals surface area contributed by atoms with Crippen LogP contribution >= 0.6 is 0 Å². The highest BCUT2D eigenvalue weighted by molar-refractivity contribution is 5.90. The number of nitrogens with one attached hydrogen (secondary N) is 2. The van der Waals surface area contributed by atoms with Crippen LogP contribution in [0.25, 0.3) is 0 Å². The van der Waals surface area contributed by atoms with Gasteiger partial charge in [-0.2, -0.15) is 13.2 Å². The van der Waals surface area contributed by atoms with Crippen molar-refractivity contribution < 1.29 is 22.9 Å². The second-order valence-electron chi connectivity index (χ2n) is 4.93. The number of nitro groups is 1. The molecule has 2 aromatic rings. The average Bonchev–Trinajstić information content (AvgIpc) is 2.54. The van der Waals surface area contributed by atoms with E-state index in [4.69, 9.17) is 0 Å². The molecule has 25 heavy (non-hydrogen) atoms. The molecule has 10 heteroatoms. The zero-order chi connectivity index (χ0) is 18.4. The first-order chi connectivity index (χ1) is 11.8. The molecule has 0 aliphatic rings. The minimum absolute atomic E-state index is 0.00483. The number of nitro benzene ring substituents is 1. The van der Waals surface area contributed by atoms with Crippen molar-refractivity contribution in [3.05, 3.63) is 58.3 Å². The molecule has 1 aromatic heterocycles. The number of hydrogen-bond donors (Lipinski definition) is 2. The minimum Gasteiger partial charge on any atom is -0.379 e. The van der Waals surface area contributed by atoms with Crippen molar-refractivity contribution in [3.8, 4) is 0 Å². The van der Waals surface area contributed by atoms with E-state index in [1.165, 1.54) is 6.20 Å². The van der Waals surface area contributed by atoms with E-state index in [1.54, 1.807) is 18.2 Å². The molecule has 7 nitrogen and oxygen atoms in total. The number of anilines is 2. The van der Waals surface area contributed by atoms with Crippen LogP contribution in [0.3, 0.4) is 0 Å². The Labute approximate surface area is 140 Å². The molecule has 0 aliphatic heterocycles. The summed E-state index contributed by atoms with van der Waals surface area (Å²) in [5, 5.41) is 16.1. The van der Waals surface area contributed by atoms with Crippen LogP contribution in [-0.4, -0.2) is 22.4 Å². The minimum atomic E-state index is -4.67. The SMILES string of the molecule is O=C(CCNc1ccc(C(F)(F)F)cc1[N+](=O)[O-])Nc1ccccn1. The maximum absolute atomic E-state index is 12.6. The van der Waals surface area contributed by atoms with Gasteiger partial charge in [0.2, 0.25) is 5.91 Å². The van der Waals surface area contributed by atoms with Gasteiger partial charge in [0.25, 0.3) is 5.69 Å². The molecule has 0 saturated heterocycles. The molecule has 2 N–H and O–H groups in total. The number of pyridine rings is 1. The first kappa shape index (κ1) is 18.2. The molecule has 0 fully saturated rings. The summed E-state index contributed by atoms with van der Waals surface area (Å²) >= 11 is 0. The third-order valence-corrected chi connectivity index (χ3v) is 3.12. The van der Waals surface area contributed by atoms with Crippen LogP contribution in [0.2, 0.25) is 0 Å². The number of hydrogen-bond acceptors (Lipinski definition) is 5. The van der Waals surface area contributed by atoms with Crippen LogP contribution in [-0.2, 0) is 11.0 Å². The molecule has 1 heterocycles. The van der Waals surface area contributed by atoms with Gasteiger partial charge in [-0.25, -0.2) is 4.98 Å². The number of rotatable bonds is 6. The Morgan fingerprint density at radius 3 is 2.60 bits per heavy atom. The monoisotopic (exact) mass is 354 g/mol. The summed E-state index contributed by atoms with van der Waals surface area (Å²) in [7, 11) is 0. The standard InChI is InChI=1S/C15H13F3N4O3/c16-15(17,18)10-4-5-11(12(9-10)22(24)25)19-8-6-14(23)21-13-3-1-2-7-20-13/h1-5,7,9,19H,6,8H2,(H,20,21,23). The highest BCUT2D eigenvalue weighted by Gasteiger charge is 2.33. The second-order valence-corrected chi connectivity index (χ2v) is 4.93. The molecule has 132 valence electrons. The van der Waals surface area contributed by atoms with Gasteiger partial charge >= 0.3 is 6.18 Å². The largest absolute Gasteiger partial charge is 0.416 e. The Kier molecular flexibility index (Phi) is 5.52. The van der Waals surface area contributed by atoms with Crippen molar-refractivity contribution in [1.82, 2.24) is 4.98 Å². The summed E-state index contributed by atoms with van der Waals surface area (Å²) in [4.78, 5) is 25.7. The molecular weight excluding hydrogens is 341 g/mol. The molecule has 0 unspecified atom stereocenters. The van der Waals surface area contributed by atoms with Gasteiger partial charge in [0.15, 0.2) is 0 Å². The van der Waals surface area contributed by atoms with Gasteiger partial charge in [-0.3, -0.25) is 14.9 Å². The van der Waals surface area contributed by atoms with Gasteiger partial charge in [-0.05, 0) is 24.3 Å². The molecule has 0 saturated carbocycles. The Morgan fingerprint density at radius 2 is 2.00 bits per heavy atom. The Bertz CT molecular complexity index is 766. The zero-order valence-corrected chi connectivity index (χ0v) is 12.7. The Balaban J connectivity index is 1.98. The summed E-state index contributed by atoms with van der Waals surface area (Å²) in [5.74, 6) is -0.0335. The maximum atomic E-state index is 12.6. The van der Waals surface area contributed by atoms with Crippen LogP contribution in [0, 0.1) is 10.1 Å². The summed E-state index contributed by atoms with van der Waals surface area (Å²) in [6.07, 6.45) is -3.22. The zero-order valence-electron chi connectivity index (χ0n) is 12.7. The van der Waals surface area contributed by atoms with E-state index in [1.807, 2.05) is 0 Å². The summed E-state index contributed by atoms with van der Waals surface area (Å²) in [6.45, 7) is 0.00483. The van der Waals surface area contributed by atoms with Gasteiger partial charge in [0, 0.05) is 25.2 Å². The number of carbonyl (C=O) groups is 1. The Hall–Kier alpha value is -3.17. The van der Waals surface area contributed by atoms with Crippen molar-refractivity contribution in [1.29, 1.82) is 0 Å². The highest BCUT2D eigenvalue weighted by atomic mass is 19.4. The molecule has 1 amide bonds. The number of halogens is 3. The number of benzene rings is 1. The molecule has 0 spiro atoms. The third-order valence-electron chi connectivity index (χ3n) is 3.12. The van der Waals surface area contributed by atoms with Gasteiger partial charge in [-0.15, -0.1) is 0 Å². The van der Waals surface area contributed by atoms with Crippen LogP contribution in [0.4, 0.5) is 30.4 Å². The van der Waals surface area contributed by atoms with E-state index in [9.17, 15) is 28.1 Å². The maximum Gasteiger partial charge on any atom is 0.416 e. The third kappa shape index (κ3) is 5.16. The van der Waals surface area contributed by atoms with E-state index in [2.05, 4.69) is 15.6 Å². The van der Waals surface area contributed by atoms with Crippen molar-refractivity contribution in [2.45, 2.75) is 12.6 Å². The fraction of sp³-hybridized carbons (Fsp3) is 0.200. The lowest BCUT2D eigenvalue weighted by atomic mass is 10.1. The van der Waals surface area contributed by atoms with E-state index in [-0.39, 0.29) is 24.6 Å². The topological polar surface area (TPSA) is 97.2 Å². The van der Waals surface area contributed by atoms with Crippen molar-refractivity contribution in [3.63, 3.8) is 0 Å². The lowest BCUT2D eigenvalue weighted by Crippen LogP contribution is -2.17. The fourth-order valence-electron chi connectivity index (χ4n) is 1.96. The first-order valence-electron chi connectivity index (χ1n) is 7.08. The summed E-state index contributed by atoms with van der Waals surface area (Å²) < 4.78 is 37.9. The van der Waals surface area contributed by atoms with E-state index in [0.717, 1.165) is 12.1 Å². The van der Waals surface area contributed by atoms with Gasteiger partial charge in [-0.1, -0.05) is 6.07 Å². The molecule has 0 atom stereocenters. The molecule has 2 rings (SSSR count). The fourth-order valence-corrected chi connectivity index (χ4v) is 1.96. The van der Waals surface area contributed by atoms with Gasteiger partial charge in [0.1, 0.15) is 11.5 Å². The lowest BCUT2D eigenvalue weighted by molar-refractivity contribution is -0.384. The van der Waals surface area contributed by atoms with Crippen LogP contribution in [0.15, 0.2) is 42.6 Å². The second kappa shape index (κ2) is 7.60. The van der Waals surface area contributed by atoms with Gasteiger partial charge < -0.3 is 10.6 Å². The quantitative estimate of drug-likeness (QED) is 0.612. The molecule has 1 aromatic carbocycles. The van der Waals surface area contributed by atoms with Crippen molar-refractivity contribution in [2.24, 2.45) is 0 Å². The molecule has 0 radical (unpaired) electrons. The van der Waals surface area contributed by atoms with Crippen molar-refractivity contribution in [2.75, 3.05) is 17.2 Å². The predicted molar refractivity (Wildman–Crippen MR) is 84.1 cm³/mol. The van der Waals surface area contributed by atoms with E-state index < -0.39 is 22.4 Å². The number of carbonyl (C=O) groups excluding carboxylic acids is 1. The predicted octanol–water partition coefficient (Wildman–Crippen LogP) is 3.45. The smallest absolute Gasteiger partial charge is 0.379 e. The highest BCUT2D eigenvalue weighted by Crippen LogP contribution is 2.34. The molecule has 0 aliphatic carbocycles. The first-order valence-corrected chi connectivity index (χ1v) is 7.08. The summed E-state index contributed by atoms with van der Waals surface area (Å²) in [6, 6.07) is 7.12. The van der Waals surface area contributed by atoms with Crippen LogP contribution < -0.4 is 10.6 Å². The van der Waals surface area contributed by atoms with E-state index in [0.29, 0.717) is 11.9 Å². The number of alkyl halides is 3. The molecular formula is C15H13F3N4O3. The van der Waals surface area contributed by atoms with Crippen molar-refractivity contribution >= 4 is 23.1 Å². The Morgan fingerprint density at radius 1 is 1.24 bits per heavy atom. The normalized spacial score (nSPS) is 11.0.